The Hall–Kier alpha value is -2.72. The Balaban J connectivity index is 1.74. The number of aryl methyl sites for hydroxylation is 1. The van der Waals surface area contributed by atoms with Gasteiger partial charge in [0.15, 0.2) is 0 Å². The largest absolute Gasteiger partial charge is 0.322 e. The van der Waals surface area contributed by atoms with E-state index >= 15 is 0 Å². The van der Waals surface area contributed by atoms with Gasteiger partial charge in [-0.15, -0.1) is 0 Å². The number of unbranched alkanes of at least 4 members (excludes halogenated alkanes) is 1. The van der Waals surface area contributed by atoms with Crippen molar-refractivity contribution in [2.75, 3.05) is 5.32 Å². The fourth-order valence-electron chi connectivity index (χ4n) is 2.77. The second-order valence-corrected chi connectivity index (χ2v) is 6.69. The lowest BCUT2D eigenvalue weighted by molar-refractivity contribution is 0.102. The smallest absolute Gasteiger partial charge is 0.255 e. The first-order valence-corrected chi connectivity index (χ1v) is 9.27. The molecule has 138 valence electrons. The van der Waals surface area contributed by atoms with Gasteiger partial charge in [0.2, 0.25) is 0 Å². The molecule has 0 aliphatic carbocycles. The van der Waals surface area contributed by atoms with E-state index in [2.05, 4.69) is 17.2 Å². The number of amides is 1. The molecular weight excluding hydrogens is 363 g/mol. The number of hydrogen-bond donors (Lipinski definition) is 1. The van der Waals surface area contributed by atoms with Crippen LogP contribution in [0.3, 0.4) is 0 Å². The third kappa shape index (κ3) is 4.72. The predicted octanol–water partition coefficient (Wildman–Crippen LogP) is 6.14. The highest BCUT2D eigenvalue weighted by atomic mass is 35.5. The second-order valence-electron chi connectivity index (χ2n) is 6.28. The van der Waals surface area contributed by atoms with Crippen molar-refractivity contribution in [3.63, 3.8) is 0 Å². The van der Waals surface area contributed by atoms with Gasteiger partial charge >= 0.3 is 0 Å². The number of benzene rings is 2. The summed E-state index contributed by atoms with van der Waals surface area (Å²) in [4.78, 5) is 16.5. The molecule has 0 aliphatic heterocycles. The van der Waals surface area contributed by atoms with Gasteiger partial charge in [0.05, 0.1) is 10.7 Å². The van der Waals surface area contributed by atoms with Gasteiger partial charge in [0.25, 0.3) is 5.91 Å². The molecule has 1 N–H and O–H groups in total. The molecule has 0 spiro atoms. The van der Waals surface area contributed by atoms with Crippen molar-refractivity contribution in [3.8, 4) is 11.3 Å². The Kier molecular flexibility index (Phi) is 6.20. The second kappa shape index (κ2) is 8.78. The van der Waals surface area contributed by atoms with Crippen molar-refractivity contribution in [3.05, 3.63) is 82.8 Å². The molecule has 27 heavy (non-hydrogen) atoms. The van der Waals surface area contributed by atoms with Crippen LogP contribution in [0.2, 0.25) is 5.02 Å². The average molecular weight is 383 g/mol. The van der Waals surface area contributed by atoms with Gasteiger partial charge in [-0.05, 0) is 60.9 Å². The first-order chi connectivity index (χ1) is 13.1. The van der Waals surface area contributed by atoms with Crippen LogP contribution in [0.1, 0.15) is 35.7 Å². The standard InChI is InChI=1S/C22H20ClFN2O/c1-2-3-5-15-7-10-17(11-8-15)26-22(27)16-9-12-18(20(24)14-16)21-19(23)6-4-13-25-21/h4,6-14H,2-3,5H2,1H3,(H,26,27). The maximum absolute atomic E-state index is 14.5. The van der Waals surface area contributed by atoms with E-state index in [-0.39, 0.29) is 17.0 Å². The van der Waals surface area contributed by atoms with Crippen LogP contribution in [0.4, 0.5) is 10.1 Å². The van der Waals surface area contributed by atoms with Gasteiger partial charge in [0.1, 0.15) is 5.82 Å². The van der Waals surface area contributed by atoms with Gasteiger partial charge in [-0.3, -0.25) is 9.78 Å². The first kappa shape index (κ1) is 19.1. The normalized spacial score (nSPS) is 10.6. The molecule has 1 aromatic heterocycles. The fraction of sp³-hybridized carbons (Fsp3) is 0.182. The van der Waals surface area contributed by atoms with Crippen molar-refractivity contribution in [2.24, 2.45) is 0 Å². The molecule has 0 atom stereocenters. The van der Waals surface area contributed by atoms with E-state index in [0.717, 1.165) is 19.3 Å². The van der Waals surface area contributed by atoms with Crippen molar-refractivity contribution < 1.29 is 9.18 Å². The summed E-state index contributed by atoms with van der Waals surface area (Å²) in [6, 6.07) is 15.3. The molecule has 1 heterocycles. The third-order valence-electron chi connectivity index (χ3n) is 4.28. The van der Waals surface area contributed by atoms with Crippen LogP contribution < -0.4 is 5.32 Å². The molecular formula is C22H20ClFN2O. The molecule has 0 unspecified atom stereocenters. The van der Waals surface area contributed by atoms with Crippen LogP contribution in [-0.4, -0.2) is 10.9 Å². The molecule has 0 aliphatic rings. The highest BCUT2D eigenvalue weighted by molar-refractivity contribution is 6.33. The van der Waals surface area contributed by atoms with Crippen LogP contribution in [0, 0.1) is 5.82 Å². The molecule has 1 amide bonds. The lowest BCUT2D eigenvalue weighted by Crippen LogP contribution is -2.12. The van der Waals surface area contributed by atoms with Crippen LogP contribution in [0.15, 0.2) is 60.8 Å². The number of aromatic nitrogens is 1. The number of carbonyl (C=O) groups is 1. The third-order valence-corrected chi connectivity index (χ3v) is 4.58. The summed E-state index contributed by atoms with van der Waals surface area (Å²) in [5, 5.41) is 3.15. The zero-order valence-electron chi connectivity index (χ0n) is 15.0. The Bertz CT molecular complexity index is 941. The minimum absolute atomic E-state index is 0.235. The highest BCUT2D eigenvalue weighted by Crippen LogP contribution is 2.28. The molecule has 0 saturated carbocycles. The number of rotatable bonds is 6. The summed E-state index contributed by atoms with van der Waals surface area (Å²) < 4.78 is 14.5. The minimum atomic E-state index is -0.543. The Morgan fingerprint density at radius 1 is 1.15 bits per heavy atom. The van der Waals surface area contributed by atoms with Crippen LogP contribution in [0.5, 0.6) is 0 Å². The van der Waals surface area contributed by atoms with Crippen molar-refractivity contribution in [1.82, 2.24) is 4.98 Å². The van der Waals surface area contributed by atoms with E-state index in [1.807, 2.05) is 24.3 Å². The van der Waals surface area contributed by atoms with Crippen LogP contribution in [-0.2, 0) is 6.42 Å². The van der Waals surface area contributed by atoms with Gasteiger partial charge in [0, 0.05) is 23.0 Å². The van der Waals surface area contributed by atoms with Gasteiger partial charge in [-0.2, -0.15) is 0 Å². The summed E-state index contributed by atoms with van der Waals surface area (Å²) in [5.74, 6) is -0.910. The van der Waals surface area contributed by atoms with Crippen molar-refractivity contribution >= 4 is 23.2 Å². The minimum Gasteiger partial charge on any atom is -0.322 e. The Morgan fingerprint density at radius 2 is 1.93 bits per heavy atom. The van der Waals surface area contributed by atoms with Crippen LogP contribution in [0.25, 0.3) is 11.3 Å². The monoisotopic (exact) mass is 382 g/mol. The molecule has 2 aromatic carbocycles. The number of carbonyl (C=O) groups excluding carboxylic acids is 1. The van der Waals surface area contributed by atoms with Crippen molar-refractivity contribution in [2.45, 2.75) is 26.2 Å². The van der Waals surface area contributed by atoms with Gasteiger partial charge in [-0.25, -0.2) is 4.39 Å². The molecule has 0 fully saturated rings. The molecule has 3 aromatic rings. The summed E-state index contributed by atoms with van der Waals surface area (Å²) in [6.07, 6.45) is 4.85. The summed E-state index contributed by atoms with van der Waals surface area (Å²) >= 11 is 6.08. The van der Waals surface area contributed by atoms with E-state index in [9.17, 15) is 9.18 Å². The maximum atomic E-state index is 14.5. The molecule has 0 saturated heterocycles. The Morgan fingerprint density at radius 3 is 2.59 bits per heavy atom. The topological polar surface area (TPSA) is 42.0 Å². The van der Waals surface area contributed by atoms with Gasteiger partial charge in [-0.1, -0.05) is 37.1 Å². The summed E-state index contributed by atoms with van der Waals surface area (Å²) in [7, 11) is 0. The van der Waals surface area contributed by atoms with E-state index in [1.54, 1.807) is 24.4 Å². The average Bonchev–Trinajstić information content (AvgIpc) is 2.68. The fourth-order valence-corrected chi connectivity index (χ4v) is 2.99. The van der Waals surface area contributed by atoms with E-state index < -0.39 is 5.82 Å². The Labute approximate surface area is 163 Å². The predicted molar refractivity (Wildman–Crippen MR) is 108 cm³/mol. The maximum Gasteiger partial charge on any atom is 0.255 e. The summed E-state index contributed by atoms with van der Waals surface area (Å²) in [5.41, 5.74) is 2.76. The lowest BCUT2D eigenvalue weighted by atomic mass is 10.1. The van der Waals surface area contributed by atoms with E-state index in [4.69, 9.17) is 11.6 Å². The molecule has 5 heteroatoms. The number of anilines is 1. The number of pyridine rings is 1. The molecule has 3 rings (SSSR count). The molecule has 0 radical (unpaired) electrons. The number of nitrogens with one attached hydrogen (secondary N) is 1. The number of halogens is 2. The van der Waals surface area contributed by atoms with E-state index in [1.165, 1.54) is 17.7 Å². The zero-order valence-corrected chi connectivity index (χ0v) is 15.8. The molecule has 3 nitrogen and oxygen atoms in total. The van der Waals surface area contributed by atoms with Gasteiger partial charge < -0.3 is 5.32 Å². The van der Waals surface area contributed by atoms with E-state index in [0.29, 0.717) is 16.4 Å². The van der Waals surface area contributed by atoms with Crippen LogP contribution >= 0.6 is 11.6 Å². The number of hydrogen-bond acceptors (Lipinski definition) is 2. The quantitative estimate of drug-likeness (QED) is 0.556. The highest BCUT2D eigenvalue weighted by Gasteiger charge is 2.14. The lowest BCUT2D eigenvalue weighted by Gasteiger charge is -2.09. The summed E-state index contributed by atoms with van der Waals surface area (Å²) in [6.45, 7) is 2.15. The zero-order chi connectivity index (χ0) is 19.2. The molecule has 0 bridgehead atoms. The van der Waals surface area contributed by atoms with Crippen molar-refractivity contribution in [1.29, 1.82) is 0 Å². The first-order valence-electron chi connectivity index (χ1n) is 8.89. The number of nitrogens with zero attached hydrogens (tertiary/aromatic N) is 1. The SMILES string of the molecule is CCCCc1ccc(NC(=O)c2ccc(-c3ncccc3Cl)c(F)c2)cc1.